The van der Waals surface area contributed by atoms with Crippen molar-refractivity contribution in [3.05, 3.63) is 24.3 Å². The molecule has 0 aliphatic carbocycles. The fourth-order valence-electron chi connectivity index (χ4n) is 2.06. The first-order valence-corrected chi connectivity index (χ1v) is 7.62. The summed E-state index contributed by atoms with van der Waals surface area (Å²) in [4.78, 5) is 24.1. The highest BCUT2D eigenvalue weighted by atomic mass is 35.5. The van der Waals surface area contributed by atoms with Crippen LogP contribution in [0, 0.1) is 0 Å². The quantitative estimate of drug-likeness (QED) is 0.769. The monoisotopic (exact) mass is 338 g/mol. The van der Waals surface area contributed by atoms with Gasteiger partial charge < -0.3 is 9.64 Å². The first kappa shape index (κ1) is 17.0. The molecular formula is C14H19ClN6O2. The predicted octanol–water partition coefficient (Wildman–Crippen LogP) is 1.44. The Balaban J connectivity index is 2.53. The number of nitrogens with one attached hydrogen (secondary N) is 1. The normalized spacial score (nSPS) is 10.4. The second kappa shape index (κ2) is 7.77. The molecule has 2 heterocycles. The number of hydrogen-bond donors (Lipinski definition) is 1. The minimum Gasteiger partial charge on any atom is -0.476 e. The maximum atomic E-state index is 12.4. The summed E-state index contributed by atoms with van der Waals surface area (Å²) in [7, 11) is 3.67. The smallest absolute Gasteiger partial charge is 0.243 e. The molecule has 9 heteroatoms. The molecule has 0 radical (unpaired) electrons. The lowest BCUT2D eigenvalue weighted by Crippen LogP contribution is -2.34. The molecule has 0 fully saturated rings. The highest BCUT2D eigenvalue weighted by Crippen LogP contribution is 2.35. The lowest BCUT2D eigenvalue weighted by Gasteiger charge is -2.26. The van der Waals surface area contributed by atoms with Gasteiger partial charge in [0.05, 0.1) is 18.8 Å². The summed E-state index contributed by atoms with van der Waals surface area (Å²) in [5.41, 5.74) is 1.17. The number of aromatic amines is 1. The van der Waals surface area contributed by atoms with E-state index in [4.69, 9.17) is 16.3 Å². The molecule has 0 saturated carbocycles. The Morgan fingerprint density at radius 2 is 2.17 bits per heavy atom. The van der Waals surface area contributed by atoms with E-state index in [9.17, 15) is 4.79 Å². The second-order valence-corrected chi connectivity index (χ2v) is 5.12. The number of amides is 1. The zero-order chi connectivity index (χ0) is 16.8. The number of rotatable bonds is 7. The zero-order valence-corrected chi connectivity index (χ0v) is 14.0. The van der Waals surface area contributed by atoms with Gasteiger partial charge in [0.15, 0.2) is 11.5 Å². The van der Waals surface area contributed by atoms with Gasteiger partial charge in [-0.3, -0.25) is 14.8 Å². The summed E-state index contributed by atoms with van der Waals surface area (Å²) in [6.45, 7) is 2.51. The number of nitrogens with zero attached hydrogens (tertiary/aromatic N) is 5. The number of aromatic nitrogens is 4. The van der Waals surface area contributed by atoms with Gasteiger partial charge in [0.25, 0.3) is 0 Å². The van der Waals surface area contributed by atoms with E-state index in [2.05, 4.69) is 20.2 Å². The van der Waals surface area contributed by atoms with Crippen LogP contribution < -0.4 is 14.5 Å². The van der Waals surface area contributed by atoms with E-state index in [-0.39, 0.29) is 18.3 Å². The SMILES string of the molecule is CCOc1ncnc(N(C)C)c1N(Cc1cc[nH]n1)C(=O)CCl. The molecule has 0 saturated heterocycles. The fraction of sp³-hybridized carbons (Fsp3) is 0.429. The third kappa shape index (κ3) is 3.89. The summed E-state index contributed by atoms with van der Waals surface area (Å²) in [6.07, 6.45) is 3.10. The summed E-state index contributed by atoms with van der Waals surface area (Å²) in [5.74, 6) is 0.448. The van der Waals surface area contributed by atoms with Crippen molar-refractivity contribution >= 4 is 29.0 Å². The first-order chi connectivity index (χ1) is 11.1. The Hall–Kier alpha value is -2.35. The van der Waals surface area contributed by atoms with Gasteiger partial charge in [-0.2, -0.15) is 10.1 Å². The summed E-state index contributed by atoms with van der Waals surface area (Å²) in [5, 5.41) is 6.82. The van der Waals surface area contributed by atoms with Crippen LogP contribution in [-0.2, 0) is 11.3 Å². The number of halogens is 1. The Morgan fingerprint density at radius 1 is 1.39 bits per heavy atom. The third-order valence-electron chi connectivity index (χ3n) is 3.04. The molecule has 0 aliphatic heterocycles. The van der Waals surface area contributed by atoms with E-state index in [1.807, 2.05) is 21.0 Å². The average Bonchev–Trinajstić information content (AvgIpc) is 3.05. The van der Waals surface area contributed by atoms with Crippen molar-refractivity contribution in [2.24, 2.45) is 0 Å². The van der Waals surface area contributed by atoms with Gasteiger partial charge in [-0.15, -0.1) is 11.6 Å². The summed E-state index contributed by atoms with van der Waals surface area (Å²) in [6, 6.07) is 1.79. The molecule has 1 N–H and O–H groups in total. The summed E-state index contributed by atoms with van der Waals surface area (Å²) >= 11 is 5.78. The zero-order valence-electron chi connectivity index (χ0n) is 13.3. The Kier molecular flexibility index (Phi) is 5.75. The number of hydrogen-bond acceptors (Lipinski definition) is 6. The summed E-state index contributed by atoms with van der Waals surface area (Å²) < 4.78 is 5.58. The number of anilines is 2. The van der Waals surface area contributed by atoms with Crippen LogP contribution in [0.2, 0.25) is 0 Å². The number of ether oxygens (including phenoxy) is 1. The van der Waals surface area contributed by atoms with E-state index in [1.54, 1.807) is 17.2 Å². The van der Waals surface area contributed by atoms with Crippen molar-refractivity contribution in [1.29, 1.82) is 0 Å². The van der Waals surface area contributed by atoms with Gasteiger partial charge in [0.2, 0.25) is 11.8 Å². The van der Waals surface area contributed by atoms with Crippen molar-refractivity contribution < 1.29 is 9.53 Å². The standard InChI is InChI=1S/C14H19ClN6O2/c1-4-23-14-12(13(20(2)3)16-9-17-14)21(11(22)7-15)8-10-5-6-18-19-10/h5-6,9H,4,7-8H2,1-3H3,(H,18,19). The van der Waals surface area contributed by atoms with Gasteiger partial charge in [0.1, 0.15) is 12.2 Å². The topological polar surface area (TPSA) is 87.2 Å². The van der Waals surface area contributed by atoms with Crippen molar-refractivity contribution in [3.8, 4) is 5.88 Å². The fourth-order valence-corrected chi connectivity index (χ4v) is 2.21. The highest BCUT2D eigenvalue weighted by Gasteiger charge is 2.26. The van der Waals surface area contributed by atoms with Gasteiger partial charge in [-0.1, -0.05) is 0 Å². The predicted molar refractivity (Wildman–Crippen MR) is 88.0 cm³/mol. The van der Waals surface area contributed by atoms with E-state index in [1.165, 1.54) is 11.2 Å². The van der Waals surface area contributed by atoms with Crippen LogP contribution in [-0.4, -0.2) is 52.7 Å². The molecule has 0 atom stereocenters. The van der Waals surface area contributed by atoms with Crippen molar-refractivity contribution in [2.45, 2.75) is 13.5 Å². The van der Waals surface area contributed by atoms with Crippen LogP contribution in [0.5, 0.6) is 5.88 Å². The Bertz CT molecular complexity index is 647. The maximum absolute atomic E-state index is 12.4. The van der Waals surface area contributed by atoms with E-state index < -0.39 is 0 Å². The van der Waals surface area contributed by atoms with Gasteiger partial charge in [-0.25, -0.2) is 4.98 Å². The number of alkyl halides is 1. The second-order valence-electron chi connectivity index (χ2n) is 4.86. The van der Waals surface area contributed by atoms with Crippen LogP contribution in [0.3, 0.4) is 0 Å². The minimum absolute atomic E-state index is 0.169. The van der Waals surface area contributed by atoms with Gasteiger partial charge in [0, 0.05) is 20.3 Å². The van der Waals surface area contributed by atoms with Gasteiger partial charge >= 0.3 is 0 Å². The molecule has 0 unspecified atom stereocenters. The molecule has 0 aliphatic rings. The van der Waals surface area contributed by atoms with Gasteiger partial charge in [-0.05, 0) is 13.0 Å². The maximum Gasteiger partial charge on any atom is 0.243 e. The van der Waals surface area contributed by atoms with E-state index in [0.29, 0.717) is 29.7 Å². The first-order valence-electron chi connectivity index (χ1n) is 7.08. The number of H-pyrrole nitrogens is 1. The molecule has 0 bridgehead atoms. The average molecular weight is 339 g/mol. The molecule has 23 heavy (non-hydrogen) atoms. The molecule has 2 rings (SSSR count). The molecule has 0 spiro atoms. The third-order valence-corrected chi connectivity index (χ3v) is 3.27. The van der Waals surface area contributed by atoms with Crippen LogP contribution in [0.1, 0.15) is 12.6 Å². The van der Waals surface area contributed by atoms with Crippen molar-refractivity contribution in [3.63, 3.8) is 0 Å². The van der Waals surface area contributed by atoms with E-state index in [0.717, 1.165) is 0 Å². The highest BCUT2D eigenvalue weighted by molar-refractivity contribution is 6.29. The largest absolute Gasteiger partial charge is 0.476 e. The Labute approximate surface area is 139 Å². The van der Waals surface area contributed by atoms with Crippen LogP contribution in [0.15, 0.2) is 18.6 Å². The lowest BCUT2D eigenvalue weighted by molar-refractivity contribution is -0.116. The number of carbonyl (C=O) groups excluding carboxylic acids is 1. The molecule has 0 aromatic carbocycles. The Morgan fingerprint density at radius 3 is 2.74 bits per heavy atom. The molecule has 8 nitrogen and oxygen atoms in total. The van der Waals surface area contributed by atoms with Crippen LogP contribution in [0.25, 0.3) is 0 Å². The van der Waals surface area contributed by atoms with E-state index >= 15 is 0 Å². The van der Waals surface area contributed by atoms with Crippen molar-refractivity contribution in [1.82, 2.24) is 20.2 Å². The molecule has 1 amide bonds. The molecule has 2 aromatic rings. The van der Waals surface area contributed by atoms with Crippen LogP contribution in [0.4, 0.5) is 11.5 Å². The molecular weight excluding hydrogens is 320 g/mol. The van der Waals surface area contributed by atoms with Crippen molar-refractivity contribution in [2.75, 3.05) is 36.4 Å². The molecule has 124 valence electrons. The number of carbonyl (C=O) groups is 1. The lowest BCUT2D eigenvalue weighted by atomic mass is 10.3. The minimum atomic E-state index is -0.284. The molecule has 2 aromatic heterocycles. The van der Waals surface area contributed by atoms with Crippen LogP contribution >= 0.6 is 11.6 Å².